The molecule has 0 spiro atoms. The number of carbonyl (C=O) groups excluding carboxylic acids is 2. The summed E-state index contributed by atoms with van der Waals surface area (Å²) in [6.07, 6.45) is 4.04. The molecule has 4 atom stereocenters. The zero-order valence-corrected chi connectivity index (χ0v) is 21.0. The van der Waals surface area contributed by atoms with Crippen molar-refractivity contribution in [1.29, 1.82) is 5.26 Å². The number of para-hydroxylation sites is 1. The van der Waals surface area contributed by atoms with Crippen LogP contribution in [0.25, 0.3) is 0 Å². The highest BCUT2D eigenvalue weighted by molar-refractivity contribution is 5.77. The van der Waals surface area contributed by atoms with Crippen LogP contribution >= 0.6 is 0 Å². The molecular formula is C29H36N2O4. The lowest BCUT2D eigenvalue weighted by Gasteiger charge is -2.59. The maximum Gasteiger partial charge on any atom is 0.305 e. The van der Waals surface area contributed by atoms with Crippen LogP contribution in [0.3, 0.4) is 0 Å². The second kappa shape index (κ2) is 12.4. The first-order chi connectivity index (χ1) is 17.0. The SMILES string of the molecule is CCC[C@H]1[C@@H](C#N)[C@H](CC(=O)OC)[C@]1(CCC)CC(=O)NCc1ccc(Oc2ccccc2)cc1. The standard InChI is InChI=1S/C29H36N2O4/c1-4-9-25-24(19-30)26(17-28(33)34-3)29(25,16-5-2)18-27(32)31-20-21-12-14-23(15-13-21)35-22-10-7-6-8-11-22/h6-8,10-15,24-26H,4-5,9,16-18,20H2,1-3H3,(H,31,32)/t24-,25+,26+,29-/m1/s1. The van der Waals surface area contributed by atoms with E-state index in [1.54, 1.807) is 0 Å². The molecular weight excluding hydrogens is 440 g/mol. The third-order valence-corrected chi connectivity index (χ3v) is 7.30. The Balaban J connectivity index is 1.66. The van der Waals surface area contributed by atoms with Gasteiger partial charge in [0.15, 0.2) is 0 Å². The summed E-state index contributed by atoms with van der Waals surface area (Å²) in [5.41, 5.74) is 0.625. The van der Waals surface area contributed by atoms with E-state index in [9.17, 15) is 14.9 Å². The van der Waals surface area contributed by atoms with Gasteiger partial charge in [-0.15, -0.1) is 0 Å². The largest absolute Gasteiger partial charge is 0.469 e. The molecule has 0 aliphatic heterocycles. The first kappa shape index (κ1) is 26.3. The van der Waals surface area contributed by atoms with Crippen molar-refractivity contribution in [3.05, 3.63) is 60.2 Å². The van der Waals surface area contributed by atoms with E-state index < -0.39 is 0 Å². The molecule has 0 saturated heterocycles. The summed E-state index contributed by atoms with van der Waals surface area (Å²) in [7, 11) is 1.37. The van der Waals surface area contributed by atoms with Crippen molar-refractivity contribution in [3.8, 4) is 17.6 Å². The number of rotatable bonds is 12. The minimum Gasteiger partial charge on any atom is -0.469 e. The molecule has 1 amide bonds. The van der Waals surface area contributed by atoms with Crippen molar-refractivity contribution in [2.45, 2.75) is 58.9 Å². The Hall–Kier alpha value is -3.33. The van der Waals surface area contributed by atoms with Gasteiger partial charge in [0.05, 0.1) is 25.5 Å². The van der Waals surface area contributed by atoms with Gasteiger partial charge in [-0.05, 0) is 59.9 Å². The molecule has 1 aliphatic carbocycles. The molecule has 35 heavy (non-hydrogen) atoms. The number of nitriles is 1. The van der Waals surface area contributed by atoms with Gasteiger partial charge in [0.2, 0.25) is 5.91 Å². The van der Waals surface area contributed by atoms with Crippen molar-refractivity contribution < 1.29 is 19.1 Å². The molecule has 2 aromatic carbocycles. The minimum atomic E-state index is -0.350. The molecule has 1 saturated carbocycles. The summed E-state index contributed by atoms with van der Waals surface area (Å²) in [4.78, 5) is 25.2. The van der Waals surface area contributed by atoms with Crippen LogP contribution in [0.5, 0.6) is 11.5 Å². The number of carbonyl (C=O) groups is 2. The van der Waals surface area contributed by atoms with Crippen molar-refractivity contribution in [1.82, 2.24) is 5.32 Å². The second-order valence-electron chi connectivity index (χ2n) is 9.43. The number of esters is 1. The maximum absolute atomic E-state index is 13.1. The normalized spacial score (nSPS) is 23.0. The van der Waals surface area contributed by atoms with Gasteiger partial charge < -0.3 is 14.8 Å². The first-order valence-corrected chi connectivity index (χ1v) is 12.5. The zero-order chi connectivity index (χ0) is 25.3. The second-order valence-corrected chi connectivity index (χ2v) is 9.43. The van der Waals surface area contributed by atoms with Gasteiger partial charge in [-0.1, -0.05) is 57.0 Å². The third kappa shape index (κ3) is 6.22. The van der Waals surface area contributed by atoms with Gasteiger partial charge in [0, 0.05) is 13.0 Å². The average molecular weight is 477 g/mol. The van der Waals surface area contributed by atoms with Crippen molar-refractivity contribution >= 4 is 11.9 Å². The molecule has 6 heteroatoms. The molecule has 0 unspecified atom stereocenters. The molecule has 3 rings (SSSR count). The predicted octanol–water partition coefficient (Wildman–Crippen LogP) is 6.02. The monoisotopic (exact) mass is 476 g/mol. The van der Waals surface area contributed by atoms with Crippen molar-refractivity contribution in [2.24, 2.45) is 23.2 Å². The van der Waals surface area contributed by atoms with E-state index in [-0.39, 0.29) is 41.5 Å². The summed E-state index contributed by atoms with van der Waals surface area (Å²) >= 11 is 0. The van der Waals surface area contributed by atoms with E-state index in [2.05, 4.69) is 25.2 Å². The minimum absolute atomic E-state index is 0.0459. The van der Waals surface area contributed by atoms with Crippen molar-refractivity contribution in [2.75, 3.05) is 7.11 Å². The Kier molecular flexibility index (Phi) is 9.31. The Morgan fingerprint density at radius 3 is 2.29 bits per heavy atom. The van der Waals surface area contributed by atoms with Crippen LogP contribution in [-0.2, 0) is 20.9 Å². The predicted molar refractivity (Wildman–Crippen MR) is 134 cm³/mol. The zero-order valence-electron chi connectivity index (χ0n) is 21.0. The highest BCUT2D eigenvalue weighted by Crippen LogP contribution is 2.63. The van der Waals surface area contributed by atoms with Gasteiger partial charge in [0.1, 0.15) is 11.5 Å². The molecule has 186 valence electrons. The maximum atomic E-state index is 13.1. The highest BCUT2D eigenvalue weighted by Gasteiger charge is 2.61. The number of nitrogens with one attached hydrogen (secondary N) is 1. The number of amides is 1. The topological polar surface area (TPSA) is 88.4 Å². The molecule has 6 nitrogen and oxygen atoms in total. The smallest absolute Gasteiger partial charge is 0.305 e. The van der Waals surface area contributed by atoms with Crippen LogP contribution in [0.15, 0.2) is 54.6 Å². The van der Waals surface area contributed by atoms with E-state index in [0.717, 1.165) is 42.7 Å². The Labute approximate surface area is 208 Å². The summed E-state index contributed by atoms with van der Waals surface area (Å²) in [5.74, 6) is 0.890. The molecule has 1 aliphatic rings. The van der Waals surface area contributed by atoms with Gasteiger partial charge in [-0.25, -0.2) is 0 Å². The van der Waals surface area contributed by atoms with Crippen LogP contribution < -0.4 is 10.1 Å². The van der Waals surface area contributed by atoms with Gasteiger partial charge in [-0.2, -0.15) is 5.26 Å². The number of benzene rings is 2. The fraction of sp³-hybridized carbons (Fsp3) is 0.483. The average Bonchev–Trinajstić information content (AvgIpc) is 2.87. The van der Waals surface area contributed by atoms with E-state index >= 15 is 0 Å². The first-order valence-electron chi connectivity index (χ1n) is 12.5. The lowest BCUT2D eigenvalue weighted by molar-refractivity contribution is -0.162. The third-order valence-electron chi connectivity index (χ3n) is 7.30. The van der Waals surface area contributed by atoms with Gasteiger partial charge >= 0.3 is 5.97 Å². The summed E-state index contributed by atoms with van der Waals surface area (Å²) in [5, 5.41) is 12.9. The Morgan fingerprint density at radius 2 is 1.69 bits per heavy atom. The molecule has 2 aromatic rings. The Bertz CT molecular complexity index is 1020. The summed E-state index contributed by atoms with van der Waals surface area (Å²) < 4.78 is 10.7. The molecule has 0 aromatic heterocycles. The van der Waals surface area contributed by atoms with Gasteiger partial charge in [0.25, 0.3) is 0 Å². The Morgan fingerprint density at radius 1 is 1.00 bits per heavy atom. The highest BCUT2D eigenvalue weighted by atomic mass is 16.5. The van der Waals surface area contributed by atoms with Gasteiger partial charge in [-0.3, -0.25) is 9.59 Å². The number of hydrogen-bond acceptors (Lipinski definition) is 5. The quantitative estimate of drug-likeness (QED) is 0.378. The lowest BCUT2D eigenvalue weighted by atomic mass is 9.42. The molecule has 0 heterocycles. The molecule has 0 bridgehead atoms. The van der Waals surface area contributed by atoms with E-state index in [1.165, 1.54) is 7.11 Å². The van der Waals surface area contributed by atoms with E-state index in [4.69, 9.17) is 9.47 Å². The van der Waals surface area contributed by atoms with Crippen LogP contribution in [0.1, 0.15) is 57.9 Å². The number of ether oxygens (including phenoxy) is 2. The lowest BCUT2D eigenvalue weighted by Crippen LogP contribution is -2.58. The number of nitrogens with zero attached hydrogens (tertiary/aromatic N) is 1. The fourth-order valence-corrected chi connectivity index (χ4v) is 5.75. The summed E-state index contributed by atoms with van der Waals surface area (Å²) in [6.45, 7) is 4.61. The molecule has 1 fully saturated rings. The summed E-state index contributed by atoms with van der Waals surface area (Å²) in [6, 6.07) is 19.7. The van der Waals surface area contributed by atoms with Crippen molar-refractivity contribution in [3.63, 3.8) is 0 Å². The van der Waals surface area contributed by atoms with E-state index in [0.29, 0.717) is 13.0 Å². The van der Waals surface area contributed by atoms with E-state index in [1.807, 2.05) is 54.6 Å². The van der Waals surface area contributed by atoms with Crippen LogP contribution in [0.2, 0.25) is 0 Å². The fourth-order valence-electron chi connectivity index (χ4n) is 5.75. The molecule has 1 N–H and O–H groups in total. The van der Waals surface area contributed by atoms with Crippen LogP contribution in [-0.4, -0.2) is 19.0 Å². The van der Waals surface area contributed by atoms with Crippen LogP contribution in [0, 0.1) is 34.5 Å². The number of hydrogen-bond donors (Lipinski definition) is 1. The van der Waals surface area contributed by atoms with Crippen LogP contribution in [0.4, 0.5) is 0 Å². The molecule has 0 radical (unpaired) electrons. The number of methoxy groups -OCH3 is 1.